The van der Waals surface area contributed by atoms with Gasteiger partial charge in [-0.05, 0) is 44.4 Å². The second-order valence-corrected chi connectivity index (χ2v) is 7.42. The normalized spacial score (nSPS) is 33.8. The second kappa shape index (κ2) is 6.10. The van der Waals surface area contributed by atoms with Crippen molar-refractivity contribution in [2.45, 2.75) is 56.5 Å². The van der Waals surface area contributed by atoms with Crippen molar-refractivity contribution in [1.82, 2.24) is 13.6 Å². The van der Waals surface area contributed by atoms with Gasteiger partial charge < -0.3 is 0 Å². The van der Waals surface area contributed by atoms with E-state index in [2.05, 4.69) is 27.5 Å². The molecule has 0 aromatic carbocycles. The van der Waals surface area contributed by atoms with Gasteiger partial charge in [-0.1, -0.05) is 13.3 Å². The Morgan fingerprint density at radius 3 is 3.11 bits per heavy atom. The van der Waals surface area contributed by atoms with E-state index in [0.29, 0.717) is 5.92 Å². The first-order chi connectivity index (χ1) is 9.31. The molecule has 2 saturated heterocycles. The van der Waals surface area contributed by atoms with Gasteiger partial charge in [0.2, 0.25) is 0 Å². The van der Waals surface area contributed by atoms with Crippen molar-refractivity contribution in [3.63, 3.8) is 0 Å². The molecule has 0 spiro atoms. The highest BCUT2D eigenvalue weighted by Gasteiger charge is 2.43. The van der Waals surface area contributed by atoms with Gasteiger partial charge in [-0.15, -0.1) is 11.8 Å². The number of piperidine rings is 1. The zero-order valence-corrected chi connectivity index (χ0v) is 13.5. The van der Waals surface area contributed by atoms with Gasteiger partial charge >= 0.3 is 0 Å². The van der Waals surface area contributed by atoms with Crippen LogP contribution in [0.3, 0.4) is 0 Å². The lowest BCUT2D eigenvalue weighted by atomic mass is 9.84. The summed E-state index contributed by atoms with van der Waals surface area (Å²) in [6.45, 7) is 7.13. The molecule has 0 radical (unpaired) electrons. The van der Waals surface area contributed by atoms with Crippen LogP contribution in [0.5, 0.6) is 0 Å². The van der Waals surface area contributed by atoms with Crippen molar-refractivity contribution in [2.75, 3.05) is 18.8 Å². The summed E-state index contributed by atoms with van der Waals surface area (Å²) < 4.78 is 9.20. The molecule has 2 aliphatic heterocycles. The van der Waals surface area contributed by atoms with Gasteiger partial charge in [0.25, 0.3) is 0 Å². The molecule has 2 bridgehead atoms. The lowest BCUT2D eigenvalue weighted by Crippen LogP contribution is -2.34. The number of rotatable bonds is 5. The van der Waals surface area contributed by atoms with Crippen molar-refractivity contribution in [2.24, 2.45) is 5.92 Å². The first-order valence-corrected chi connectivity index (χ1v) is 9.22. The molecule has 0 saturated carbocycles. The number of unbranched alkanes of at least 4 members (excludes halogenated alkanes) is 1. The molecule has 5 heteroatoms. The average molecular weight is 297 g/mol. The fourth-order valence-corrected chi connectivity index (χ4v) is 5.40. The summed E-state index contributed by atoms with van der Waals surface area (Å²) in [7, 11) is 0. The summed E-state index contributed by atoms with van der Waals surface area (Å²) in [5.41, 5.74) is 1.31. The summed E-state index contributed by atoms with van der Waals surface area (Å²) in [6, 6.07) is 0.744. The summed E-state index contributed by atoms with van der Waals surface area (Å²) in [6.07, 6.45) is 5.27. The minimum Gasteiger partial charge on any atom is -0.300 e. The van der Waals surface area contributed by atoms with E-state index in [1.165, 1.54) is 67.0 Å². The lowest BCUT2D eigenvalue weighted by molar-refractivity contribution is 0.190. The van der Waals surface area contributed by atoms with E-state index in [1.54, 1.807) is 0 Å². The Morgan fingerprint density at radius 2 is 2.32 bits per heavy atom. The maximum Gasteiger partial charge on any atom is 0.134 e. The molecule has 0 N–H and O–H groups in total. The quantitative estimate of drug-likeness (QED) is 0.613. The summed E-state index contributed by atoms with van der Waals surface area (Å²) in [5.74, 6) is 2.63. The fourth-order valence-electron chi connectivity index (χ4n) is 3.54. The van der Waals surface area contributed by atoms with E-state index in [0.717, 1.165) is 12.0 Å². The first-order valence-electron chi connectivity index (χ1n) is 7.50. The maximum atomic E-state index is 4.65. The molecule has 1 aromatic rings. The van der Waals surface area contributed by atoms with Crippen LogP contribution in [0.1, 0.15) is 51.1 Å². The molecule has 4 atom stereocenters. The minimum absolute atomic E-state index is 0.639. The highest BCUT2D eigenvalue weighted by molar-refractivity contribution is 7.99. The molecular formula is C14H23N3S2. The molecule has 2 aliphatic rings. The van der Waals surface area contributed by atoms with Gasteiger partial charge in [0.05, 0.1) is 17.4 Å². The summed E-state index contributed by atoms with van der Waals surface area (Å²) in [5, 5.41) is 1.23. The van der Waals surface area contributed by atoms with Crippen molar-refractivity contribution in [3.8, 4) is 0 Å². The van der Waals surface area contributed by atoms with Gasteiger partial charge in [0.1, 0.15) is 5.03 Å². The van der Waals surface area contributed by atoms with Crippen molar-refractivity contribution in [3.05, 3.63) is 5.69 Å². The topological polar surface area (TPSA) is 29.0 Å². The molecule has 4 unspecified atom stereocenters. The number of hydrogen-bond acceptors (Lipinski definition) is 5. The number of nitrogens with zero attached hydrogens (tertiary/aromatic N) is 3. The predicted molar refractivity (Wildman–Crippen MR) is 82.0 cm³/mol. The van der Waals surface area contributed by atoms with Crippen LogP contribution in [0.2, 0.25) is 0 Å². The van der Waals surface area contributed by atoms with Crippen LogP contribution in [0.15, 0.2) is 5.03 Å². The van der Waals surface area contributed by atoms with Crippen molar-refractivity contribution >= 4 is 23.5 Å². The van der Waals surface area contributed by atoms with Gasteiger partial charge in [-0.2, -0.15) is 8.75 Å². The Hall–Kier alpha value is -0.130. The maximum absolute atomic E-state index is 4.65. The Bertz CT molecular complexity index is 421. The van der Waals surface area contributed by atoms with Crippen LogP contribution >= 0.6 is 23.5 Å². The van der Waals surface area contributed by atoms with Crippen molar-refractivity contribution < 1.29 is 0 Å². The van der Waals surface area contributed by atoms with Gasteiger partial charge in [0.15, 0.2) is 0 Å². The Kier molecular flexibility index (Phi) is 4.44. The number of thioether (sulfide) groups is 1. The van der Waals surface area contributed by atoms with Crippen LogP contribution in [0.4, 0.5) is 0 Å². The number of aromatic nitrogens is 2. The molecule has 3 heterocycles. The molecule has 1 aromatic heterocycles. The smallest absolute Gasteiger partial charge is 0.134 e. The van der Waals surface area contributed by atoms with Gasteiger partial charge in [-0.25, -0.2) is 0 Å². The average Bonchev–Trinajstić information content (AvgIpc) is 2.90. The van der Waals surface area contributed by atoms with E-state index in [4.69, 9.17) is 0 Å². The molecule has 19 heavy (non-hydrogen) atoms. The highest BCUT2D eigenvalue weighted by Crippen LogP contribution is 2.44. The van der Waals surface area contributed by atoms with Crippen LogP contribution in [-0.4, -0.2) is 38.5 Å². The minimum atomic E-state index is 0.639. The van der Waals surface area contributed by atoms with Crippen LogP contribution < -0.4 is 0 Å². The highest BCUT2D eigenvalue weighted by atomic mass is 32.2. The Morgan fingerprint density at radius 1 is 1.42 bits per heavy atom. The summed E-state index contributed by atoms with van der Waals surface area (Å²) in [4.78, 5) is 2.65. The number of hydrogen-bond donors (Lipinski definition) is 0. The van der Waals surface area contributed by atoms with Crippen molar-refractivity contribution in [1.29, 1.82) is 0 Å². The third-order valence-corrected chi connectivity index (χ3v) is 6.42. The Labute approximate surface area is 124 Å². The SMILES string of the molecule is CCCCSc1nsnc1C1CN2CCCC1C2C. The van der Waals surface area contributed by atoms with E-state index < -0.39 is 0 Å². The third kappa shape index (κ3) is 2.69. The van der Waals surface area contributed by atoms with E-state index >= 15 is 0 Å². The van der Waals surface area contributed by atoms with E-state index in [1.807, 2.05) is 11.8 Å². The van der Waals surface area contributed by atoms with Crippen LogP contribution in [-0.2, 0) is 0 Å². The van der Waals surface area contributed by atoms with E-state index in [9.17, 15) is 0 Å². The van der Waals surface area contributed by atoms with E-state index in [-0.39, 0.29) is 0 Å². The zero-order chi connectivity index (χ0) is 13.2. The van der Waals surface area contributed by atoms with Gasteiger partial charge in [-0.3, -0.25) is 4.90 Å². The molecule has 0 amide bonds. The van der Waals surface area contributed by atoms with Crippen LogP contribution in [0, 0.1) is 5.92 Å². The predicted octanol–water partition coefficient (Wildman–Crippen LogP) is 3.63. The standard InChI is InChI=1S/C14H23N3S2/c1-3-4-8-18-14-13(15-19-16-14)12-9-17-7-5-6-11(12)10(17)2/h10-12H,3-9H2,1-2H3. The Balaban J connectivity index is 1.74. The summed E-state index contributed by atoms with van der Waals surface area (Å²) >= 11 is 3.33. The second-order valence-electron chi connectivity index (χ2n) is 5.80. The molecule has 3 rings (SSSR count). The molecule has 2 fully saturated rings. The molecule has 106 valence electrons. The zero-order valence-electron chi connectivity index (χ0n) is 11.8. The fraction of sp³-hybridized carbons (Fsp3) is 0.857. The number of fused-ring (bicyclic) bond motifs is 2. The first kappa shape index (κ1) is 13.8. The lowest BCUT2D eigenvalue weighted by Gasteiger charge is -2.30. The largest absolute Gasteiger partial charge is 0.300 e. The molecule has 0 aliphatic carbocycles. The van der Waals surface area contributed by atoms with Crippen LogP contribution in [0.25, 0.3) is 0 Å². The molecular weight excluding hydrogens is 274 g/mol. The third-order valence-electron chi connectivity index (χ3n) is 4.70. The van der Waals surface area contributed by atoms with Gasteiger partial charge in [0, 0.05) is 18.5 Å². The molecule has 3 nitrogen and oxygen atoms in total. The monoisotopic (exact) mass is 297 g/mol.